The molecule has 14 heavy (non-hydrogen) atoms. The molecule has 0 saturated carbocycles. The lowest BCUT2D eigenvalue weighted by Crippen LogP contribution is -2.32. The van der Waals surface area contributed by atoms with E-state index in [0.717, 1.165) is 0 Å². The molecule has 0 aliphatic carbocycles. The highest BCUT2D eigenvalue weighted by Gasteiger charge is 2.18. The van der Waals surface area contributed by atoms with Crippen molar-refractivity contribution in [2.24, 2.45) is 0 Å². The number of aromatic nitrogens is 1. The highest BCUT2D eigenvalue weighted by atomic mass is 15.2. The third-order valence-corrected chi connectivity index (χ3v) is 3.05. The normalized spacial score (nSPS) is 20.6. The van der Waals surface area contributed by atoms with Gasteiger partial charge in [0.25, 0.3) is 0 Å². The van der Waals surface area contributed by atoms with Gasteiger partial charge in [0.05, 0.1) is 5.69 Å². The predicted molar refractivity (Wildman–Crippen MR) is 58.1 cm³/mol. The Labute approximate surface area is 86.0 Å². The van der Waals surface area contributed by atoms with E-state index >= 15 is 0 Å². The Kier molecular flexibility index (Phi) is 3.14. The van der Waals surface area contributed by atoms with Crippen LogP contribution in [0.25, 0.3) is 0 Å². The van der Waals surface area contributed by atoms with E-state index in [9.17, 15) is 0 Å². The van der Waals surface area contributed by atoms with Crippen molar-refractivity contribution in [3.05, 3.63) is 30.1 Å². The van der Waals surface area contributed by atoms with Gasteiger partial charge in [0.1, 0.15) is 0 Å². The molecule has 0 bridgehead atoms. The predicted octanol–water partition coefficient (Wildman–Crippen LogP) is 2.63. The molecule has 0 spiro atoms. The van der Waals surface area contributed by atoms with Gasteiger partial charge in [-0.1, -0.05) is 12.5 Å². The molecule has 1 aliphatic rings. The smallest absolute Gasteiger partial charge is 0.0572 e. The lowest BCUT2D eigenvalue weighted by atomic mass is 10.1. The van der Waals surface area contributed by atoms with Crippen LogP contribution in [0.3, 0.4) is 0 Å². The number of piperidine rings is 1. The maximum Gasteiger partial charge on any atom is 0.0572 e. The first kappa shape index (κ1) is 9.66. The SMILES string of the molecule is CC(c1ccccn1)N1CCCCC1. The van der Waals surface area contributed by atoms with Crippen molar-refractivity contribution in [3.63, 3.8) is 0 Å². The van der Waals surface area contributed by atoms with Crippen LogP contribution in [0, 0.1) is 0 Å². The number of hydrogen-bond donors (Lipinski definition) is 0. The lowest BCUT2D eigenvalue weighted by molar-refractivity contribution is 0.172. The van der Waals surface area contributed by atoms with Crippen LogP contribution in [-0.4, -0.2) is 23.0 Å². The van der Waals surface area contributed by atoms with Gasteiger partial charge in [-0.3, -0.25) is 9.88 Å². The minimum absolute atomic E-state index is 0.483. The molecule has 1 aromatic rings. The third-order valence-electron chi connectivity index (χ3n) is 3.05. The summed E-state index contributed by atoms with van der Waals surface area (Å²) in [5.41, 5.74) is 1.20. The summed E-state index contributed by atoms with van der Waals surface area (Å²) in [6.45, 7) is 4.73. The number of likely N-dealkylation sites (tertiary alicyclic amines) is 1. The van der Waals surface area contributed by atoms with E-state index in [0.29, 0.717) is 6.04 Å². The fraction of sp³-hybridized carbons (Fsp3) is 0.583. The fourth-order valence-corrected chi connectivity index (χ4v) is 2.12. The summed E-state index contributed by atoms with van der Waals surface area (Å²) in [6.07, 6.45) is 5.97. The molecule has 2 heteroatoms. The van der Waals surface area contributed by atoms with E-state index in [1.54, 1.807) is 0 Å². The highest BCUT2D eigenvalue weighted by molar-refractivity contribution is 5.08. The molecule has 1 saturated heterocycles. The van der Waals surface area contributed by atoms with Gasteiger partial charge in [-0.2, -0.15) is 0 Å². The van der Waals surface area contributed by atoms with Crippen molar-refractivity contribution in [2.75, 3.05) is 13.1 Å². The maximum atomic E-state index is 4.41. The number of nitrogens with zero attached hydrogens (tertiary/aromatic N) is 2. The second-order valence-electron chi connectivity index (χ2n) is 4.03. The molecule has 1 aromatic heterocycles. The topological polar surface area (TPSA) is 16.1 Å². The van der Waals surface area contributed by atoms with Crippen molar-refractivity contribution in [1.29, 1.82) is 0 Å². The summed E-state index contributed by atoms with van der Waals surface area (Å²) in [6, 6.07) is 6.66. The van der Waals surface area contributed by atoms with Crippen molar-refractivity contribution >= 4 is 0 Å². The number of pyridine rings is 1. The Hall–Kier alpha value is -0.890. The molecule has 1 fully saturated rings. The van der Waals surface area contributed by atoms with Gasteiger partial charge >= 0.3 is 0 Å². The van der Waals surface area contributed by atoms with E-state index in [4.69, 9.17) is 0 Å². The molecule has 76 valence electrons. The number of rotatable bonds is 2. The Morgan fingerprint density at radius 2 is 2.00 bits per heavy atom. The third kappa shape index (κ3) is 2.13. The minimum Gasteiger partial charge on any atom is -0.295 e. The summed E-state index contributed by atoms with van der Waals surface area (Å²) >= 11 is 0. The minimum atomic E-state index is 0.483. The van der Waals surface area contributed by atoms with Gasteiger partial charge in [0, 0.05) is 12.2 Å². The molecular weight excluding hydrogens is 172 g/mol. The highest BCUT2D eigenvalue weighted by Crippen LogP contribution is 2.21. The number of hydrogen-bond acceptors (Lipinski definition) is 2. The Morgan fingerprint density at radius 1 is 1.21 bits per heavy atom. The van der Waals surface area contributed by atoms with Crippen LogP contribution in [0.1, 0.15) is 37.9 Å². The average Bonchev–Trinajstić information content (AvgIpc) is 2.30. The first-order valence-electron chi connectivity index (χ1n) is 5.53. The monoisotopic (exact) mass is 190 g/mol. The fourth-order valence-electron chi connectivity index (χ4n) is 2.12. The second kappa shape index (κ2) is 4.56. The van der Waals surface area contributed by atoms with Gasteiger partial charge in [-0.25, -0.2) is 0 Å². The second-order valence-corrected chi connectivity index (χ2v) is 4.03. The first-order chi connectivity index (χ1) is 6.88. The Morgan fingerprint density at radius 3 is 2.64 bits per heavy atom. The van der Waals surface area contributed by atoms with Crippen LogP contribution < -0.4 is 0 Å². The summed E-state index contributed by atoms with van der Waals surface area (Å²) in [4.78, 5) is 6.95. The zero-order valence-corrected chi connectivity index (χ0v) is 8.82. The summed E-state index contributed by atoms with van der Waals surface area (Å²) < 4.78 is 0. The molecule has 0 aromatic carbocycles. The molecule has 0 radical (unpaired) electrons. The van der Waals surface area contributed by atoms with Crippen LogP contribution in [0.2, 0.25) is 0 Å². The largest absolute Gasteiger partial charge is 0.295 e. The van der Waals surface area contributed by atoms with Crippen molar-refractivity contribution in [2.45, 2.75) is 32.2 Å². The van der Waals surface area contributed by atoms with Crippen LogP contribution >= 0.6 is 0 Å². The van der Waals surface area contributed by atoms with Gasteiger partial charge in [0.2, 0.25) is 0 Å². The van der Waals surface area contributed by atoms with Gasteiger partial charge < -0.3 is 0 Å². The molecule has 0 N–H and O–H groups in total. The maximum absolute atomic E-state index is 4.41. The van der Waals surface area contributed by atoms with Crippen molar-refractivity contribution in [1.82, 2.24) is 9.88 Å². The molecular formula is C12H18N2. The average molecular weight is 190 g/mol. The molecule has 1 aliphatic heterocycles. The summed E-state index contributed by atoms with van der Waals surface area (Å²) in [7, 11) is 0. The first-order valence-corrected chi connectivity index (χ1v) is 5.53. The van der Waals surface area contributed by atoms with E-state index < -0.39 is 0 Å². The van der Waals surface area contributed by atoms with Crippen molar-refractivity contribution < 1.29 is 0 Å². The molecule has 1 unspecified atom stereocenters. The van der Waals surface area contributed by atoms with Crippen molar-refractivity contribution in [3.8, 4) is 0 Å². The van der Waals surface area contributed by atoms with Crippen LogP contribution in [-0.2, 0) is 0 Å². The van der Waals surface area contributed by atoms with Crippen LogP contribution in [0.5, 0.6) is 0 Å². The Balaban J connectivity index is 2.03. The quantitative estimate of drug-likeness (QED) is 0.712. The van der Waals surface area contributed by atoms with E-state index in [1.807, 2.05) is 12.3 Å². The van der Waals surface area contributed by atoms with Gasteiger partial charge in [-0.15, -0.1) is 0 Å². The molecule has 0 amide bonds. The molecule has 1 atom stereocenters. The summed E-state index contributed by atoms with van der Waals surface area (Å²) in [5.74, 6) is 0. The summed E-state index contributed by atoms with van der Waals surface area (Å²) in [5, 5.41) is 0. The van der Waals surface area contributed by atoms with Crippen LogP contribution in [0.15, 0.2) is 24.4 Å². The zero-order chi connectivity index (χ0) is 9.80. The van der Waals surface area contributed by atoms with E-state index in [1.165, 1.54) is 38.0 Å². The Bertz CT molecular complexity index is 265. The van der Waals surface area contributed by atoms with Gasteiger partial charge in [0.15, 0.2) is 0 Å². The molecule has 2 nitrogen and oxygen atoms in total. The van der Waals surface area contributed by atoms with Crippen LogP contribution in [0.4, 0.5) is 0 Å². The van der Waals surface area contributed by atoms with E-state index in [-0.39, 0.29) is 0 Å². The van der Waals surface area contributed by atoms with Gasteiger partial charge in [-0.05, 0) is 45.0 Å². The lowest BCUT2D eigenvalue weighted by Gasteiger charge is -2.31. The molecule has 2 rings (SSSR count). The molecule has 2 heterocycles. The standard InChI is InChI=1S/C12H18N2/c1-11(12-7-3-4-8-13-12)14-9-5-2-6-10-14/h3-4,7-8,11H,2,5-6,9-10H2,1H3. The van der Waals surface area contributed by atoms with E-state index in [2.05, 4.69) is 28.9 Å². The zero-order valence-electron chi connectivity index (χ0n) is 8.82.